The molecule has 0 aromatic carbocycles. The van der Waals surface area contributed by atoms with E-state index in [4.69, 9.17) is 11.6 Å². The third-order valence-corrected chi connectivity index (χ3v) is 3.95. The molecule has 0 unspecified atom stereocenters. The van der Waals surface area contributed by atoms with E-state index in [0.29, 0.717) is 5.15 Å². The molecule has 0 N–H and O–H groups in total. The largest absolute Gasteiger partial charge is 0.345 e. The Hall–Kier alpha value is -0.320. The van der Waals surface area contributed by atoms with Crippen molar-refractivity contribution in [3.8, 4) is 0 Å². The van der Waals surface area contributed by atoms with Gasteiger partial charge in [0, 0.05) is 38.1 Å². The molecule has 3 nitrogen and oxygen atoms in total. The van der Waals surface area contributed by atoms with Gasteiger partial charge in [-0.3, -0.25) is 4.90 Å². The van der Waals surface area contributed by atoms with E-state index in [2.05, 4.69) is 28.6 Å². The van der Waals surface area contributed by atoms with Gasteiger partial charge in [-0.2, -0.15) is 0 Å². The van der Waals surface area contributed by atoms with Crippen LogP contribution in [-0.4, -0.2) is 42.6 Å². The molecule has 0 aliphatic carbocycles. The molecular formula is C11H18ClN3S. The van der Waals surface area contributed by atoms with E-state index >= 15 is 0 Å². The molecule has 16 heavy (non-hydrogen) atoms. The van der Waals surface area contributed by atoms with Gasteiger partial charge in [-0.1, -0.05) is 25.4 Å². The lowest BCUT2D eigenvalue weighted by molar-refractivity contribution is 0.231. The van der Waals surface area contributed by atoms with E-state index in [1.807, 2.05) is 5.38 Å². The molecule has 90 valence electrons. The van der Waals surface area contributed by atoms with Crippen molar-refractivity contribution in [2.75, 3.05) is 37.6 Å². The molecule has 0 bridgehead atoms. The van der Waals surface area contributed by atoms with Crippen LogP contribution in [0.2, 0.25) is 5.15 Å². The van der Waals surface area contributed by atoms with Crippen LogP contribution in [0.25, 0.3) is 0 Å². The Morgan fingerprint density at radius 2 is 2.06 bits per heavy atom. The van der Waals surface area contributed by atoms with E-state index in [1.54, 1.807) is 11.3 Å². The molecule has 0 atom stereocenters. The molecule has 0 radical (unpaired) electrons. The van der Waals surface area contributed by atoms with E-state index in [9.17, 15) is 0 Å². The van der Waals surface area contributed by atoms with Gasteiger partial charge < -0.3 is 4.90 Å². The average Bonchev–Trinajstić information content (AvgIpc) is 2.65. The van der Waals surface area contributed by atoms with Crippen LogP contribution in [-0.2, 0) is 0 Å². The maximum absolute atomic E-state index is 5.84. The summed E-state index contributed by atoms with van der Waals surface area (Å²) in [5, 5.41) is 3.58. The zero-order valence-corrected chi connectivity index (χ0v) is 11.4. The lowest BCUT2D eigenvalue weighted by Gasteiger charge is -2.35. The smallest absolute Gasteiger partial charge is 0.186 e. The summed E-state index contributed by atoms with van der Waals surface area (Å²) in [6.45, 7) is 10.1. The van der Waals surface area contributed by atoms with E-state index in [1.165, 1.54) is 6.54 Å². The van der Waals surface area contributed by atoms with Gasteiger partial charge in [0.05, 0.1) is 0 Å². The molecule has 1 aliphatic heterocycles. The number of aromatic nitrogens is 1. The van der Waals surface area contributed by atoms with Crippen molar-refractivity contribution < 1.29 is 0 Å². The molecule has 1 aromatic rings. The Labute approximate surface area is 106 Å². The van der Waals surface area contributed by atoms with Gasteiger partial charge in [-0.05, 0) is 5.92 Å². The fraction of sp³-hybridized carbons (Fsp3) is 0.727. The number of thiazole rings is 1. The van der Waals surface area contributed by atoms with Crippen LogP contribution in [0, 0.1) is 5.92 Å². The molecule has 0 amide bonds. The van der Waals surface area contributed by atoms with Crippen molar-refractivity contribution in [1.82, 2.24) is 9.88 Å². The van der Waals surface area contributed by atoms with Crippen LogP contribution in [0.1, 0.15) is 13.8 Å². The van der Waals surface area contributed by atoms with Crippen LogP contribution < -0.4 is 4.90 Å². The molecule has 0 saturated carbocycles. The number of anilines is 1. The summed E-state index contributed by atoms with van der Waals surface area (Å²) in [5.41, 5.74) is 0. The first-order valence-corrected chi connectivity index (χ1v) is 6.99. The van der Waals surface area contributed by atoms with Crippen molar-refractivity contribution >= 4 is 28.1 Å². The topological polar surface area (TPSA) is 19.4 Å². The van der Waals surface area contributed by atoms with Crippen molar-refractivity contribution in [2.45, 2.75) is 13.8 Å². The number of hydrogen-bond acceptors (Lipinski definition) is 4. The predicted molar refractivity (Wildman–Crippen MR) is 70.6 cm³/mol. The fourth-order valence-electron chi connectivity index (χ4n) is 2.03. The monoisotopic (exact) mass is 259 g/mol. The van der Waals surface area contributed by atoms with Crippen LogP contribution in [0.4, 0.5) is 5.13 Å². The van der Waals surface area contributed by atoms with E-state index < -0.39 is 0 Å². The highest BCUT2D eigenvalue weighted by Crippen LogP contribution is 2.24. The van der Waals surface area contributed by atoms with E-state index in [-0.39, 0.29) is 0 Å². The predicted octanol–water partition coefficient (Wildman–Crippen LogP) is 2.57. The Bertz CT molecular complexity index is 332. The number of halogens is 1. The number of piperazine rings is 1. The summed E-state index contributed by atoms with van der Waals surface area (Å²) in [6.07, 6.45) is 0. The first kappa shape index (κ1) is 12.1. The zero-order valence-electron chi connectivity index (χ0n) is 9.82. The molecule has 1 aliphatic rings. The molecule has 5 heteroatoms. The first-order chi connectivity index (χ1) is 7.65. The molecule has 1 saturated heterocycles. The number of nitrogens with zero attached hydrogens (tertiary/aromatic N) is 3. The third kappa shape index (κ3) is 3.09. The lowest BCUT2D eigenvalue weighted by Crippen LogP contribution is -2.47. The van der Waals surface area contributed by atoms with Crippen LogP contribution in [0.3, 0.4) is 0 Å². The second-order valence-corrected chi connectivity index (χ2v) is 5.86. The highest BCUT2D eigenvalue weighted by molar-refractivity contribution is 7.14. The van der Waals surface area contributed by atoms with Crippen LogP contribution >= 0.6 is 22.9 Å². The van der Waals surface area contributed by atoms with Gasteiger partial charge in [-0.15, -0.1) is 11.3 Å². The van der Waals surface area contributed by atoms with Gasteiger partial charge in [0.15, 0.2) is 5.13 Å². The SMILES string of the molecule is CC(C)CN1CCN(c2nc(Cl)cs2)CC1. The highest BCUT2D eigenvalue weighted by Gasteiger charge is 2.19. The minimum atomic E-state index is 0.615. The minimum absolute atomic E-state index is 0.615. The summed E-state index contributed by atoms with van der Waals surface area (Å²) >= 11 is 7.47. The summed E-state index contributed by atoms with van der Waals surface area (Å²) in [4.78, 5) is 9.16. The Kier molecular flexibility index (Phi) is 4.05. The second kappa shape index (κ2) is 5.34. The Morgan fingerprint density at radius 3 is 2.56 bits per heavy atom. The van der Waals surface area contributed by atoms with Crippen molar-refractivity contribution in [3.63, 3.8) is 0 Å². The lowest BCUT2D eigenvalue weighted by atomic mass is 10.2. The normalized spacial score (nSPS) is 18.4. The zero-order chi connectivity index (χ0) is 11.5. The molecule has 2 rings (SSSR count). The molecule has 0 spiro atoms. The van der Waals surface area contributed by atoms with Gasteiger partial charge >= 0.3 is 0 Å². The van der Waals surface area contributed by atoms with Crippen LogP contribution in [0.15, 0.2) is 5.38 Å². The quantitative estimate of drug-likeness (QED) is 0.832. The van der Waals surface area contributed by atoms with Crippen LogP contribution in [0.5, 0.6) is 0 Å². The molecule has 1 fully saturated rings. The Balaban J connectivity index is 1.85. The van der Waals surface area contributed by atoms with Crippen molar-refractivity contribution in [3.05, 3.63) is 10.5 Å². The summed E-state index contributed by atoms with van der Waals surface area (Å²) in [5.74, 6) is 0.751. The minimum Gasteiger partial charge on any atom is -0.345 e. The Morgan fingerprint density at radius 1 is 1.38 bits per heavy atom. The van der Waals surface area contributed by atoms with Gasteiger partial charge in [0.25, 0.3) is 0 Å². The summed E-state index contributed by atoms with van der Waals surface area (Å²) in [6, 6.07) is 0. The van der Waals surface area contributed by atoms with E-state index in [0.717, 1.165) is 37.2 Å². The number of hydrogen-bond donors (Lipinski definition) is 0. The first-order valence-electron chi connectivity index (χ1n) is 5.73. The average molecular weight is 260 g/mol. The van der Waals surface area contributed by atoms with Crippen molar-refractivity contribution in [2.24, 2.45) is 5.92 Å². The highest BCUT2D eigenvalue weighted by atomic mass is 35.5. The maximum Gasteiger partial charge on any atom is 0.186 e. The van der Waals surface area contributed by atoms with Gasteiger partial charge in [0.1, 0.15) is 5.15 Å². The standard InChI is InChI=1S/C11H18ClN3S/c1-9(2)7-14-3-5-15(6-4-14)11-13-10(12)8-16-11/h8-9H,3-7H2,1-2H3. The number of rotatable bonds is 3. The van der Waals surface area contributed by atoms with Gasteiger partial charge in [-0.25, -0.2) is 4.98 Å². The molecule has 1 aromatic heterocycles. The van der Waals surface area contributed by atoms with Crippen molar-refractivity contribution in [1.29, 1.82) is 0 Å². The molecule has 2 heterocycles. The molecular weight excluding hydrogens is 242 g/mol. The fourth-order valence-corrected chi connectivity index (χ4v) is 3.03. The maximum atomic E-state index is 5.84. The third-order valence-electron chi connectivity index (χ3n) is 2.73. The second-order valence-electron chi connectivity index (χ2n) is 4.63. The van der Waals surface area contributed by atoms with Gasteiger partial charge in [0.2, 0.25) is 0 Å². The summed E-state index contributed by atoms with van der Waals surface area (Å²) in [7, 11) is 0. The summed E-state index contributed by atoms with van der Waals surface area (Å²) < 4.78 is 0.